The van der Waals surface area contributed by atoms with E-state index in [2.05, 4.69) is 12.1 Å². The monoisotopic (exact) mass is 270 g/mol. The molecule has 0 radical (unpaired) electrons. The summed E-state index contributed by atoms with van der Waals surface area (Å²) in [6.07, 6.45) is 0. The molecule has 0 saturated carbocycles. The van der Waals surface area contributed by atoms with Crippen molar-refractivity contribution >= 4 is 17.5 Å². The van der Waals surface area contributed by atoms with Gasteiger partial charge in [-0.1, -0.05) is 62.9 Å². The van der Waals surface area contributed by atoms with Crippen molar-refractivity contribution in [3.05, 3.63) is 60.2 Å². The lowest BCUT2D eigenvalue weighted by atomic mass is 9.87. The SMILES string of the molecule is CC(C)(C)C(=O)c1ccc(Sc2ccccc2)cc1. The van der Waals surface area contributed by atoms with E-state index < -0.39 is 0 Å². The molecule has 0 heterocycles. The van der Waals surface area contributed by atoms with Gasteiger partial charge in [0, 0.05) is 20.8 Å². The number of rotatable bonds is 3. The molecule has 0 amide bonds. The molecule has 0 aliphatic rings. The highest BCUT2D eigenvalue weighted by Crippen LogP contribution is 2.28. The first kappa shape index (κ1) is 13.9. The zero-order valence-corrected chi connectivity index (χ0v) is 12.3. The summed E-state index contributed by atoms with van der Waals surface area (Å²) in [4.78, 5) is 14.5. The minimum Gasteiger partial charge on any atom is -0.294 e. The molecule has 0 saturated heterocycles. The highest BCUT2D eigenvalue weighted by atomic mass is 32.2. The Kier molecular flexibility index (Phi) is 4.11. The van der Waals surface area contributed by atoms with E-state index in [1.807, 2.05) is 63.2 Å². The highest BCUT2D eigenvalue weighted by Gasteiger charge is 2.22. The minimum absolute atomic E-state index is 0.184. The lowest BCUT2D eigenvalue weighted by molar-refractivity contribution is 0.0858. The normalized spacial score (nSPS) is 11.3. The van der Waals surface area contributed by atoms with E-state index in [0.717, 1.165) is 10.5 Å². The van der Waals surface area contributed by atoms with Crippen molar-refractivity contribution in [1.82, 2.24) is 0 Å². The molecule has 2 rings (SSSR count). The van der Waals surface area contributed by atoms with Crippen LogP contribution in [0, 0.1) is 5.41 Å². The maximum Gasteiger partial charge on any atom is 0.168 e. The summed E-state index contributed by atoms with van der Waals surface area (Å²) < 4.78 is 0. The van der Waals surface area contributed by atoms with Gasteiger partial charge >= 0.3 is 0 Å². The molecule has 0 unspecified atom stereocenters. The first-order valence-electron chi connectivity index (χ1n) is 6.34. The van der Waals surface area contributed by atoms with Crippen LogP contribution in [0.25, 0.3) is 0 Å². The van der Waals surface area contributed by atoms with Gasteiger partial charge in [0.15, 0.2) is 5.78 Å². The van der Waals surface area contributed by atoms with Gasteiger partial charge in [0.05, 0.1) is 0 Å². The van der Waals surface area contributed by atoms with E-state index in [1.165, 1.54) is 4.90 Å². The van der Waals surface area contributed by atoms with Crippen LogP contribution in [0.4, 0.5) is 0 Å². The van der Waals surface area contributed by atoms with Gasteiger partial charge in [-0.2, -0.15) is 0 Å². The van der Waals surface area contributed by atoms with Gasteiger partial charge in [-0.25, -0.2) is 0 Å². The third kappa shape index (κ3) is 3.71. The number of carbonyl (C=O) groups excluding carboxylic acids is 1. The molecule has 98 valence electrons. The average Bonchev–Trinajstić information content (AvgIpc) is 2.39. The third-order valence-corrected chi connectivity index (χ3v) is 3.79. The van der Waals surface area contributed by atoms with Crippen molar-refractivity contribution in [3.8, 4) is 0 Å². The summed E-state index contributed by atoms with van der Waals surface area (Å²) in [5.74, 6) is 0.184. The quantitative estimate of drug-likeness (QED) is 0.725. The standard InChI is InChI=1S/C17H18OS/c1-17(2,3)16(18)13-9-11-15(12-10-13)19-14-7-5-4-6-8-14/h4-12H,1-3H3. The molecule has 2 aromatic carbocycles. The van der Waals surface area contributed by atoms with E-state index >= 15 is 0 Å². The second-order valence-electron chi connectivity index (χ2n) is 5.52. The summed E-state index contributed by atoms with van der Waals surface area (Å²) in [6, 6.07) is 18.1. The van der Waals surface area contributed by atoms with E-state index in [9.17, 15) is 4.79 Å². The number of ketones is 1. The largest absolute Gasteiger partial charge is 0.294 e. The van der Waals surface area contributed by atoms with E-state index in [4.69, 9.17) is 0 Å². The Morgan fingerprint density at radius 2 is 1.37 bits per heavy atom. The van der Waals surface area contributed by atoms with Gasteiger partial charge in [0.1, 0.15) is 0 Å². The average molecular weight is 270 g/mol. The van der Waals surface area contributed by atoms with Crippen molar-refractivity contribution in [2.75, 3.05) is 0 Å². The third-order valence-electron chi connectivity index (χ3n) is 2.78. The van der Waals surface area contributed by atoms with Crippen molar-refractivity contribution < 1.29 is 4.79 Å². The molecule has 0 spiro atoms. The minimum atomic E-state index is -0.325. The molecule has 0 fully saturated rings. The van der Waals surface area contributed by atoms with Crippen LogP contribution in [0.3, 0.4) is 0 Å². The van der Waals surface area contributed by atoms with Gasteiger partial charge in [0.2, 0.25) is 0 Å². The fraction of sp³-hybridized carbons (Fsp3) is 0.235. The molecule has 0 atom stereocenters. The molecule has 1 nitrogen and oxygen atoms in total. The van der Waals surface area contributed by atoms with Crippen LogP contribution in [0.5, 0.6) is 0 Å². The van der Waals surface area contributed by atoms with Gasteiger partial charge in [0.25, 0.3) is 0 Å². The van der Waals surface area contributed by atoms with Gasteiger partial charge in [-0.15, -0.1) is 0 Å². The Balaban J connectivity index is 2.13. The molecule has 2 heteroatoms. The number of hydrogen-bond donors (Lipinski definition) is 0. The lowest BCUT2D eigenvalue weighted by Gasteiger charge is -2.16. The Bertz CT molecular complexity index is 550. The van der Waals surface area contributed by atoms with Gasteiger partial charge in [-0.3, -0.25) is 4.79 Å². The molecule has 0 bridgehead atoms. The lowest BCUT2D eigenvalue weighted by Crippen LogP contribution is -2.19. The zero-order chi connectivity index (χ0) is 13.9. The topological polar surface area (TPSA) is 17.1 Å². The van der Waals surface area contributed by atoms with Crippen LogP contribution in [0.1, 0.15) is 31.1 Å². The first-order chi connectivity index (χ1) is 8.97. The fourth-order valence-electron chi connectivity index (χ4n) is 1.73. The molecular formula is C17H18OS. The molecule has 0 aliphatic heterocycles. The van der Waals surface area contributed by atoms with Gasteiger partial charge < -0.3 is 0 Å². The Morgan fingerprint density at radius 3 is 1.89 bits per heavy atom. The molecule has 0 aliphatic carbocycles. The van der Waals surface area contributed by atoms with Crippen molar-refractivity contribution in [1.29, 1.82) is 0 Å². The summed E-state index contributed by atoms with van der Waals surface area (Å²) in [6.45, 7) is 5.84. The van der Waals surface area contributed by atoms with E-state index in [-0.39, 0.29) is 11.2 Å². The Hall–Kier alpha value is -1.54. The summed E-state index contributed by atoms with van der Waals surface area (Å²) >= 11 is 1.70. The predicted octanol–water partition coefficient (Wildman–Crippen LogP) is 5.07. The van der Waals surface area contributed by atoms with Crippen LogP contribution in [-0.2, 0) is 0 Å². The Morgan fingerprint density at radius 1 is 0.842 bits per heavy atom. The van der Waals surface area contributed by atoms with Gasteiger partial charge in [-0.05, 0) is 24.3 Å². The maximum atomic E-state index is 12.1. The molecule has 19 heavy (non-hydrogen) atoms. The smallest absolute Gasteiger partial charge is 0.168 e. The fourth-order valence-corrected chi connectivity index (χ4v) is 2.57. The number of hydrogen-bond acceptors (Lipinski definition) is 2. The molecule has 0 aromatic heterocycles. The van der Waals surface area contributed by atoms with Crippen LogP contribution in [0.15, 0.2) is 64.4 Å². The summed E-state index contributed by atoms with van der Waals surface area (Å²) in [5.41, 5.74) is 0.457. The van der Waals surface area contributed by atoms with Crippen molar-refractivity contribution in [2.24, 2.45) is 5.41 Å². The molecular weight excluding hydrogens is 252 g/mol. The Labute approximate surface area is 119 Å². The molecule has 2 aromatic rings. The number of benzene rings is 2. The first-order valence-corrected chi connectivity index (χ1v) is 7.16. The zero-order valence-electron chi connectivity index (χ0n) is 11.5. The highest BCUT2D eigenvalue weighted by molar-refractivity contribution is 7.99. The van der Waals surface area contributed by atoms with Crippen LogP contribution in [-0.4, -0.2) is 5.78 Å². The van der Waals surface area contributed by atoms with Crippen LogP contribution < -0.4 is 0 Å². The summed E-state index contributed by atoms with van der Waals surface area (Å²) in [5, 5.41) is 0. The second kappa shape index (κ2) is 5.62. The predicted molar refractivity (Wildman–Crippen MR) is 80.8 cm³/mol. The number of Topliss-reactive ketones (excluding diaryl/α,β-unsaturated/α-hetero) is 1. The second-order valence-corrected chi connectivity index (χ2v) is 6.67. The number of carbonyl (C=O) groups is 1. The molecule has 0 N–H and O–H groups in total. The van der Waals surface area contributed by atoms with Crippen molar-refractivity contribution in [2.45, 2.75) is 30.6 Å². The maximum absolute atomic E-state index is 12.1. The van der Waals surface area contributed by atoms with Crippen LogP contribution >= 0.6 is 11.8 Å². The van der Waals surface area contributed by atoms with E-state index in [1.54, 1.807) is 11.8 Å². The van der Waals surface area contributed by atoms with E-state index in [0.29, 0.717) is 0 Å². The summed E-state index contributed by atoms with van der Waals surface area (Å²) in [7, 11) is 0. The van der Waals surface area contributed by atoms with Crippen LogP contribution in [0.2, 0.25) is 0 Å². The van der Waals surface area contributed by atoms with Crippen molar-refractivity contribution in [3.63, 3.8) is 0 Å².